The molecule has 0 N–H and O–H groups in total. The molecular weight excluding hydrogens is 177 g/mol. The van der Waals surface area contributed by atoms with E-state index >= 15 is 0 Å². The highest BCUT2D eigenvalue weighted by atomic mass is 19.2. The summed E-state index contributed by atoms with van der Waals surface area (Å²) in [6.07, 6.45) is 1.15. The summed E-state index contributed by atoms with van der Waals surface area (Å²) in [5.41, 5.74) is 0.362. The molecule has 1 aromatic rings. The summed E-state index contributed by atoms with van der Waals surface area (Å²) in [7, 11) is 0. The Balaban J connectivity index is 3.26. The summed E-state index contributed by atoms with van der Waals surface area (Å²) < 4.78 is 38.7. The molecule has 0 fully saturated rings. The molecule has 0 aliphatic heterocycles. The smallest absolute Gasteiger partial charge is 0.162 e. The Morgan fingerprint density at radius 2 is 1.77 bits per heavy atom. The molecule has 0 bridgehead atoms. The van der Waals surface area contributed by atoms with Crippen molar-refractivity contribution in [2.45, 2.75) is 26.7 Å². The Hall–Kier alpha value is -0.990. The Morgan fingerprint density at radius 3 is 2.31 bits per heavy atom. The average molecular weight is 188 g/mol. The standard InChI is InChI=1S/C10H11F3/c1-3-4-7-6(2)10(13)9(12)5-8(7)11/h5H,3-4H2,1-2H3. The van der Waals surface area contributed by atoms with E-state index in [9.17, 15) is 13.2 Å². The van der Waals surface area contributed by atoms with Crippen LogP contribution in [0.5, 0.6) is 0 Å². The van der Waals surface area contributed by atoms with Crippen molar-refractivity contribution in [3.8, 4) is 0 Å². The van der Waals surface area contributed by atoms with Gasteiger partial charge in [0.25, 0.3) is 0 Å². The van der Waals surface area contributed by atoms with Crippen molar-refractivity contribution >= 4 is 0 Å². The van der Waals surface area contributed by atoms with Crippen LogP contribution >= 0.6 is 0 Å². The zero-order valence-electron chi connectivity index (χ0n) is 7.63. The molecule has 0 amide bonds. The molecule has 13 heavy (non-hydrogen) atoms. The summed E-state index contributed by atoms with van der Waals surface area (Å²) in [5, 5.41) is 0. The molecule has 0 unspecified atom stereocenters. The minimum absolute atomic E-state index is 0.0827. The fraction of sp³-hybridized carbons (Fsp3) is 0.400. The predicted molar refractivity (Wildman–Crippen MR) is 45.0 cm³/mol. The van der Waals surface area contributed by atoms with Crippen molar-refractivity contribution in [1.82, 2.24) is 0 Å². The van der Waals surface area contributed by atoms with E-state index in [0.29, 0.717) is 18.9 Å². The van der Waals surface area contributed by atoms with Crippen LogP contribution in [0, 0.1) is 24.4 Å². The highest BCUT2D eigenvalue weighted by Crippen LogP contribution is 2.20. The van der Waals surface area contributed by atoms with Crippen molar-refractivity contribution in [2.24, 2.45) is 0 Å². The molecule has 3 heteroatoms. The van der Waals surface area contributed by atoms with Gasteiger partial charge in [0.2, 0.25) is 0 Å². The SMILES string of the molecule is CCCc1c(F)cc(F)c(F)c1C. The van der Waals surface area contributed by atoms with Crippen LogP contribution in [0.4, 0.5) is 13.2 Å². The normalized spacial score (nSPS) is 10.5. The van der Waals surface area contributed by atoms with Gasteiger partial charge in [0.05, 0.1) is 0 Å². The van der Waals surface area contributed by atoms with E-state index in [1.807, 2.05) is 6.92 Å². The van der Waals surface area contributed by atoms with Crippen molar-refractivity contribution in [1.29, 1.82) is 0 Å². The topological polar surface area (TPSA) is 0 Å². The van der Waals surface area contributed by atoms with Crippen LogP contribution in [0.2, 0.25) is 0 Å². The van der Waals surface area contributed by atoms with Gasteiger partial charge < -0.3 is 0 Å². The van der Waals surface area contributed by atoms with Gasteiger partial charge in [0.1, 0.15) is 5.82 Å². The van der Waals surface area contributed by atoms with Gasteiger partial charge in [-0.2, -0.15) is 0 Å². The van der Waals surface area contributed by atoms with Crippen molar-refractivity contribution in [3.05, 3.63) is 34.6 Å². The fourth-order valence-electron chi connectivity index (χ4n) is 1.31. The molecule has 0 aliphatic rings. The number of hydrogen-bond donors (Lipinski definition) is 0. The van der Waals surface area contributed by atoms with E-state index in [1.165, 1.54) is 6.92 Å². The van der Waals surface area contributed by atoms with Crippen LogP contribution in [0.1, 0.15) is 24.5 Å². The van der Waals surface area contributed by atoms with E-state index in [2.05, 4.69) is 0 Å². The Morgan fingerprint density at radius 1 is 1.15 bits per heavy atom. The minimum atomic E-state index is -1.12. The third-order valence-electron chi connectivity index (χ3n) is 2.03. The molecule has 1 rings (SSSR count). The first kappa shape index (κ1) is 10.1. The van der Waals surface area contributed by atoms with Crippen molar-refractivity contribution in [2.75, 3.05) is 0 Å². The van der Waals surface area contributed by atoms with Gasteiger partial charge in [-0.05, 0) is 24.5 Å². The lowest BCUT2D eigenvalue weighted by Gasteiger charge is -2.07. The monoisotopic (exact) mass is 188 g/mol. The molecular formula is C10H11F3. The number of benzene rings is 1. The molecule has 0 aromatic heterocycles. The first-order valence-electron chi connectivity index (χ1n) is 4.20. The fourth-order valence-corrected chi connectivity index (χ4v) is 1.31. The summed E-state index contributed by atoms with van der Waals surface area (Å²) >= 11 is 0. The molecule has 72 valence electrons. The lowest BCUT2D eigenvalue weighted by molar-refractivity contribution is 0.483. The summed E-state index contributed by atoms with van der Waals surface area (Å²) in [5.74, 6) is -2.71. The van der Waals surface area contributed by atoms with Crippen LogP contribution in [-0.2, 0) is 6.42 Å². The average Bonchev–Trinajstić information content (AvgIpc) is 2.09. The first-order valence-corrected chi connectivity index (χ1v) is 4.20. The van der Waals surface area contributed by atoms with Gasteiger partial charge in [-0.3, -0.25) is 0 Å². The summed E-state index contributed by atoms with van der Waals surface area (Å²) in [6, 6.07) is 0.604. The van der Waals surface area contributed by atoms with Crippen molar-refractivity contribution in [3.63, 3.8) is 0 Å². The van der Waals surface area contributed by atoms with Crippen LogP contribution in [0.15, 0.2) is 6.07 Å². The van der Waals surface area contributed by atoms with Crippen LogP contribution in [-0.4, -0.2) is 0 Å². The second-order valence-corrected chi connectivity index (χ2v) is 3.01. The molecule has 1 aromatic carbocycles. The van der Waals surface area contributed by atoms with Crippen LogP contribution < -0.4 is 0 Å². The second kappa shape index (κ2) is 3.81. The number of halogens is 3. The largest absolute Gasteiger partial charge is 0.207 e. The van der Waals surface area contributed by atoms with E-state index in [1.54, 1.807) is 0 Å². The third-order valence-corrected chi connectivity index (χ3v) is 2.03. The molecule has 0 atom stereocenters. The molecule has 0 heterocycles. The number of rotatable bonds is 2. The quantitative estimate of drug-likeness (QED) is 0.624. The summed E-state index contributed by atoms with van der Waals surface area (Å²) in [4.78, 5) is 0. The Labute approximate surface area is 75.4 Å². The maximum absolute atomic E-state index is 13.1. The highest BCUT2D eigenvalue weighted by molar-refractivity contribution is 5.29. The van der Waals surface area contributed by atoms with E-state index in [0.717, 1.165) is 0 Å². The zero-order valence-corrected chi connectivity index (χ0v) is 7.63. The van der Waals surface area contributed by atoms with Gasteiger partial charge in [-0.1, -0.05) is 13.3 Å². The van der Waals surface area contributed by atoms with Gasteiger partial charge in [0, 0.05) is 6.07 Å². The molecule has 0 radical (unpaired) electrons. The van der Waals surface area contributed by atoms with Gasteiger partial charge in [-0.25, -0.2) is 13.2 Å². The molecule has 0 aliphatic carbocycles. The van der Waals surface area contributed by atoms with Gasteiger partial charge >= 0.3 is 0 Å². The zero-order chi connectivity index (χ0) is 10.0. The van der Waals surface area contributed by atoms with E-state index < -0.39 is 17.5 Å². The lowest BCUT2D eigenvalue weighted by atomic mass is 10.0. The van der Waals surface area contributed by atoms with Gasteiger partial charge in [0.15, 0.2) is 11.6 Å². The molecule has 0 saturated carbocycles. The van der Waals surface area contributed by atoms with Crippen LogP contribution in [0.3, 0.4) is 0 Å². The Bertz CT molecular complexity index is 318. The second-order valence-electron chi connectivity index (χ2n) is 3.01. The lowest BCUT2D eigenvalue weighted by Crippen LogP contribution is -2.00. The van der Waals surface area contributed by atoms with Crippen molar-refractivity contribution < 1.29 is 13.2 Å². The third kappa shape index (κ3) is 1.85. The molecule has 0 saturated heterocycles. The highest BCUT2D eigenvalue weighted by Gasteiger charge is 2.14. The maximum Gasteiger partial charge on any atom is 0.162 e. The number of hydrogen-bond acceptors (Lipinski definition) is 0. The molecule has 0 spiro atoms. The summed E-state index contributed by atoms with van der Waals surface area (Å²) in [6.45, 7) is 3.26. The first-order chi connectivity index (χ1) is 6.07. The molecule has 0 nitrogen and oxygen atoms in total. The predicted octanol–water partition coefficient (Wildman–Crippen LogP) is 3.36. The van der Waals surface area contributed by atoms with Crippen LogP contribution in [0.25, 0.3) is 0 Å². The van der Waals surface area contributed by atoms with E-state index in [-0.39, 0.29) is 11.1 Å². The maximum atomic E-state index is 13.1. The minimum Gasteiger partial charge on any atom is -0.207 e. The Kier molecular flexibility index (Phi) is 2.96. The van der Waals surface area contributed by atoms with E-state index in [4.69, 9.17) is 0 Å². The van der Waals surface area contributed by atoms with Gasteiger partial charge in [-0.15, -0.1) is 0 Å².